The van der Waals surface area contributed by atoms with Gasteiger partial charge in [0.1, 0.15) is 11.1 Å². The maximum atomic E-state index is 13.3. The number of rotatable bonds is 4. The molecule has 0 aliphatic heterocycles. The van der Waals surface area contributed by atoms with Crippen molar-refractivity contribution in [1.29, 1.82) is 0 Å². The molecule has 1 atom stereocenters. The van der Waals surface area contributed by atoms with E-state index in [4.69, 9.17) is 10.5 Å². The smallest absolute Gasteiger partial charge is 0.408 e. The maximum absolute atomic E-state index is 13.3. The first kappa shape index (κ1) is 14.2. The van der Waals surface area contributed by atoms with Crippen LogP contribution in [0.1, 0.15) is 40.0 Å². The molecule has 1 saturated carbocycles. The van der Waals surface area contributed by atoms with E-state index < -0.39 is 23.2 Å². The van der Waals surface area contributed by atoms with E-state index in [0.29, 0.717) is 13.0 Å². The highest BCUT2D eigenvalue weighted by Crippen LogP contribution is 2.55. The summed E-state index contributed by atoms with van der Waals surface area (Å²) in [5.41, 5.74) is 3.15. The van der Waals surface area contributed by atoms with Gasteiger partial charge in [-0.05, 0) is 40.2 Å². The number of hydrogen-bond acceptors (Lipinski definition) is 3. The molecule has 0 spiro atoms. The Kier molecular flexibility index (Phi) is 3.66. The molecule has 1 unspecified atom stereocenters. The summed E-state index contributed by atoms with van der Waals surface area (Å²) in [4.78, 5) is 11.5. The van der Waals surface area contributed by atoms with Gasteiger partial charge in [0, 0.05) is 6.42 Å². The van der Waals surface area contributed by atoms with Crippen molar-refractivity contribution in [3.05, 3.63) is 0 Å². The lowest BCUT2D eigenvalue weighted by Crippen LogP contribution is -2.44. The third-order valence-corrected chi connectivity index (χ3v) is 2.65. The molecule has 1 fully saturated rings. The molecular weight excluding hydrogens is 230 g/mol. The molecule has 0 aromatic heterocycles. The first-order chi connectivity index (χ1) is 7.62. The van der Waals surface area contributed by atoms with E-state index in [-0.39, 0.29) is 12.8 Å². The highest BCUT2D eigenvalue weighted by Gasteiger charge is 2.71. The summed E-state index contributed by atoms with van der Waals surface area (Å²) >= 11 is 0. The van der Waals surface area contributed by atoms with Crippen LogP contribution in [0.25, 0.3) is 0 Å². The average Bonchev–Trinajstić information content (AvgIpc) is 2.61. The van der Waals surface area contributed by atoms with Gasteiger partial charge in [-0.15, -0.1) is 0 Å². The fourth-order valence-corrected chi connectivity index (χ4v) is 1.71. The Morgan fingerprint density at radius 1 is 1.47 bits per heavy atom. The molecule has 6 heteroatoms. The zero-order valence-corrected chi connectivity index (χ0v) is 10.5. The highest BCUT2D eigenvalue weighted by molar-refractivity contribution is 5.70. The largest absolute Gasteiger partial charge is 0.444 e. The molecule has 17 heavy (non-hydrogen) atoms. The molecule has 0 bridgehead atoms. The maximum Gasteiger partial charge on any atom is 0.408 e. The second-order valence-corrected chi connectivity index (χ2v) is 5.48. The third-order valence-electron chi connectivity index (χ3n) is 2.65. The zero-order chi connectivity index (χ0) is 13.3. The number of carbonyl (C=O) groups is 1. The molecule has 0 saturated heterocycles. The number of alkyl halides is 2. The van der Waals surface area contributed by atoms with Crippen LogP contribution in [0.4, 0.5) is 13.6 Å². The Morgan fingerprint density at radius 3 is 2.35 bits per heavy atom. The van der Waals surface area contributed by atoms with E-state index >= 15 is 0 Å². The molecule has 1 aliphatic rings. The molecule has 1 rings (SSSR count). The van der Waals surface area contributed by atoms with Crippen molar-refractivity contribution in [2.45, 2.75) is 57.1 Å². The zero-order valence-electron chi connectivity index (χ0n) is 10.5. The van der Waals surface area contributed by atoms with Crippen molar-refractivity contribution in [2.24, 2.45) is 5.73 Å². The van der Waals surface area contributed by atoms with E-state index in [0.717, 1.165) is 0 Å². The monoisotopic (exact) mass is 250 g/mol. The van der Waals surface area contributed by atoms with Crippen LogP contribution in [-0.2, 0) is 4.74 Å². The Morgan fingerprint density at radius 2 is 2.00 bits per heavy atom. The van der Waals surface area contributed by atoms with Crippen LogP contribution < -0.4 is 11.1 Å². The Labute approximate surface area is 99.9 Å². The quantitative estimate of drug-likeness (QED) is 0.802. The SMILES string of the molecule is CC(C)(C)OC(=O)NC1(CCCN)CC1(F)F. The molecular formula is C11H20F2N2O2. The van der Waals surface area contributed by atoms with Crippen molar-refractivity contribution in [2.75, 3.05) is 6.54 Å². The van der Waals surface area contributed by atoms with Crippen LogP contribution in [0.3, 0.4) is 0 Å². The second kappa shape index (κ2) is 4.40. The molecule has 0 heterocycles. The number of nitrogens with two attached hydrogens (primary N) is 1. The molecule has 100 valence electrons. The highest BCUT2D eigenvalue weighted by atomic mass is 19.3. The summed E-state index contributed by atoms with van der Waals surface area (Å²) in [6, 6.07) is 0. The fourth-order valence-electron chi connectivity index (χ4n) is 1.71. The summed E-state index contributed by atoms with van der Waals surface area (Å²) in [6.07, 6.45) is -0.507. The predicted octanol–water partition coefficient (Wildman–Crippen LogP) is 2.03. The topological polar surface area (TPSA) is 64.3 Å². The molecule has 1 amide bonds. The van der Waals surface area contributed by atoms with Gasteiger partial charge in [0.15, 0.2) is 0 Å². The van der Waals surface area contributed by atoms with Crippen LogP contribution in [0.5, 0.6) is 0 Å². The number of alkyl carbamates (subject to hydrolysis) is 1. The van der Waals surface area contributed by atoms with Gasteiger partial charge in [-0.25, -0.2) is 13.6 Å². The predicted molar refractivity (Wildman–Crippen MR) is 60.0 cm³/mol. The molecule has 0 aromatic carbocycles. The number of ether oxygens (including phenoxy) is 1. The van der Waals surface area contributed by atoms with Gasteiger partial charge in [0.2, 0.25) is 0 Å². The van der Waals surface area contributed by atoms with Crippen molar-refractivity contribution in [1.82, 2.24) is 5.32 Å². The average molecular weight is 250 g/mol. The van der Waals surface area contributed by atoms with Crippen LogP contribution in [0.2, 0.25) is 0 Å². The number of hydrogen-bond donors (Lipinski definition) is 2. The summed E-state index contributed by atoms with van der Waals surface area (Å²) in [6.45, 7) is 5.38. The lowest BCUT2D eigenvalue weighted by atomic mass is 10.1. The van der Waals surface area contributed by atoms with Crippen molar-refractivity contribution < 1.29 is 18.3 Å². The van der Waals surface area contributed by atoms with Crippen molar-refractivity contribution in [3.8, 4) is 0 Å². The lowest BCUT2D eigenvalue weighted by molar-refractivity contribution is 0.0350. The Hall–Kier alpha value is -0.910. The Bertz CT molecular complexity index is 302. The first-order valence-electron chi connectivity index (χ1n) is 5.71. The molecule has 3 N–H and O–H groups in total. The first-order valence-corrected chi connectivity index (χ1v) is 5.71. The molecule has 0 radical (unpaired) electrons. The number of halogens is 2. The minimum absolute atomic E-state index is 0.176. The Balaban J connectivity index is 2.55. The summed E-state index contributed by atoms with van der Waals surface area (Å²) in [5, 5.41) is 2.28. The van der Waals surface area contributed by atoms with Crippen molar-refractivity contribution >= 4 is 6.09 Å². The van der Waals surface area contributed by atoms with E-state index in [1.807, 2.05) is 0 Å². The third kappa shape index (κ3) is 3.52. The number of nitrogens with one attached hydrogen (secondary N) is 1. The van der Waals surface area contributed by atoms with Gasteiger partial charge >= 0.3 is 6.09 Å². The van der Waals surface area contributed by atoms with Crippen LogP contribution in [0.15, 0.2) is 0 Å². The number of amides is 1. The summed E-state index contributed by atoms with van der Waals surface area (Å²) in [5.74, 6) is -2.85. The standard InChI is InChI=1S/C11H20F2N2O2/c1-9(2,3)17-8(16)15-10(5-4-6-14)7-11(10,12)13/h4-7,14H2,1-3H3,(H,15,16). The van der Waals surface area contributed by atoms with Crippen molar-refractivity contribution in [3.63, 3.8) is 0 Å². The molecule has 0 aromatic rings. The fraction of sp³-hybridized carbons (Fsp3) is 0.909. The van der Waals surface area contributed by atoms with E-state index in [1.165, 1.54) is 0 Å². The van der Waals surface area contributed by atoms with Crippen LogP contribution >= 0.6 is 0 Å². The van der Waals surface area contributed by atoms with Gasteiger partial charge in [-0.2, -0.15) is 0 Å². The van der Waals surface area contributed by atoms with Crippen LogP contribution in [0, 0.1) is 0 Å². The molecule has 4 nitrogen and oxygen atoms in total. The minimum Gasteiger partial charge on any atom is -0.444 e. The number of carbonyl (C=O) groups excluding carboxylic acids is 1. The van der Waals surface area contributed by atoms with E-state index in [9.17, 15) is 13.6 Å². The van der Waals surface area contributed by atoms with Gasteiger partial charge < -0.3 is 15.8 Å². The lowest BCUT2D eigenvalue weighted by Gasteiger charge is -2.23. The second-order valence-electron chi connectivity index (χ2n) is 5.48. The normalized spacial score (nSPS) is 26.5. The van der Waals surface area contributed by atoms with Gasteiger partial charge in [-0.1, -0.05) is 0 Å². The summed E-state index contributed by atoms with van der Waals surface area (Å²) < 4.78 is 31.5. The van der Waals surface area contributed by atoms with Gasteiger partial charge in [0.05, 0.1) is 0 Å². The van der Waals surface area contributed by atoms with Gasteiger partial charge in [0.25, 0.3) is 5.92 Å². The van der Waals surface area contributed by atoms with E-state index in [2.05, 4.69) is 5.32 Å². The minimum atomic E-state index is -2.85. The summed E-state index contributed by atoms with van der Waals surface area (Å²) in [7, 11) is 0. The van der Waals surface area contributed by atoms with Crippen LogP contribution in [-0.4, -0.2) is 29.7 Å². The molecule has 1 aliphatic carbocycles. The van der Waals surface area contributed by atoms with Gasteiger partial charge in [-0.3, -0.25) is 0 Å². The van der Waals surface area contributed by atoms with E-state index in [1.54, 1.807) is 20.8 Å².